The topological polar surface area (TPSA) is 70.6 Å². The zero-order valence-corrected chi connectivity index (χ0v) is 18.0. The van der Waals surface area contributed by atoms with Crippen molar-refractivity contribution in [1.29, 1.82) is 0 Å². The number of sulfonamides is 1. The maximum Gasteiger partial charge on any atom is 0.276 e. The van der Waals surface area contributed by atoms with Crippen molar-refractivity contribution in [2.45, 2.75) is 35.5 Å². The predicted molar refractivity (Wildman–Crippen MR) is 119 cm³/mol. The number of hydrogen-bond acceptors (Lipinski definition) is 5. The molecular weight excluding hydrogens is 402 g/mol. The molecule has 0 saturated carbocycles. The third-order valence-electron chi connectivity index (χ3n) is 4.90. The van der Waals surface area contributed by atoms with E-state index < -0.39 is 10.0 Å². The van der Waals surface area contributed by atoms with E-state index in [0.29, 0.717) is 5.71 Å². The predicted octanol–water partition coefficient (Wildman–Crippen LogP) is 5.21. The van der Waals surface area contributed by atoms with Gasteiger partial charge in [-0.3, -0.25) is 0 Å². The van der Waals surface area contributed by atoms with Crippen molar-refractivity contribution < 1.29 is 8.42 Å². The summed E-state index contributed by atoms with van der Waals surface area (Å²) >= 11 is 1.71. The quantitative estimate of drug-likeness (QED) is 0.349. The molecule has 29 heavy (non-hydrogen) atoms. The highest BCUT2D eigenvalue weighted by Gasteiger charge is 2.17. The number of rotatable bonds is 4. The van der Waals surface area contributed by atoms with Crippen LogP contribution in [0.2, 0.25) is 0 Å². The Bertz CT molecular complexity index is 1230. The molecule has 0 unspecified atom stereocenters. The first-order valence-electron chi connectivity index (χ1n) is 9.15. The highest BCUT2D eigenvalue weighted by atomic mass is 32.2. The van der Waals surface area contributed by atoms with Crippen LogP contribution >= 0.6 is 11.8 Å². The Labute approximate surface area is 175 Å². The first kappa shape index (κ1) is 19.5. The molecule has 1 aliphatic heterocycles. The smallest absolute Gasteiger partial charge is 0.276 e. The van der Waals surface area contributed by atoms with Crippen LogP contribution < -0.4 is 10.1 Å². The summed E-state index contributed by atoms with van der Waals surface area (Å²) < 4.78 is 25.1. The second kappa shape index (κ2) is 7.57. The van der Waals surface area contributed by atoms with E-state index in [9.17, 15) is 8.42 Å². The normalized spacial score (nSPS) is 13.3. The number of nitrogens with one attached hydrogen (secondary N) is 2. The lowest BCUT2D eigenvalue weighted by molar-refractivity contribution is 0.584. The van der Waals surface area contributed by atoms with Gasteiger partial charge in [0.15, 0.2) is 0 Å². The molecule has 148 valence electrons. The van der Waals surface area contributed by atoms with Gasteiger partial charge >= 0.3 is 0 Å². The summed E-state index contributed by atoms with van der Waals surface area (Å²) in [6.07, 6.45) is 0. The lowest BCUT2D eigenvalue weighted by atomic mass is 10.1. The first-order chi connectivity index (χ1) is 13.8. The van der Waals surface area contributed by atoms with Crippen molar-refractivity contribution >= 4 is 38.9 Å². The summed E-state index contributed by atoms with van der Waals surface area (Å²) in [7, 11) is -3.72. The van der Waals surface area contributed by atoms with Gasteiger partial charge in [0.1, 0.15) is 0 Å². The first-order valence-corrected chi connectivity index (χ1v) is 11.5. The van der Waals surface area contributed by atoms with E-state index in [-0.39, 0.29) is 4.90 Å². The third kappa shape index (κ3) is 4.02. The molecule has 2 N–H and O–H groups in total. The number of para-hydroxylation sites is 1. The average Bonchev–Trinajstić information content (AvgIpc) is 2.72. The molecule has 3 aromatic carbocycles. The van der Waals surface area contributed by atoms with E-state index in [4.69, 9.17) is 0 Å². The fourth-order valence-corrected chi connectivity index (χ4v) is 4.90. The molecular formula is C22H21N3O2S2. The molecule has 4 rings (SSSR count). The number of hydrazone groups is 1. The van der Waals surface area contributed by atoms with E-state index in [1.54, 1.807) is 36.9 Å². The van der Waals surface area contributed by atoms with Crippen molar-refractivity contribution in [1.82, 2.24) is 4.83 Å². The monoisotopic (exact) mass is 423 g/mol. The van der Waals surface area contributed by atoms with E-state index in [2.05, 4.69) is 21.3 Å². The summed E-state index contributed by atoms with van der Waals surface area (Å²) in [5.74, 6) is 0. The Morgan fingerprint density at radius 3 is 2.48 bits per heavy atom. The van der Waals surface area contributed by atoms with Crippen LogP contribution in [-0.4, -0.2) is 14.1 Å². The van der Waals surface area contributed by atoms with Gasteiger partial charge in [0, 0.05) is 9.79 Å². The number of hydrogen-bond donors (Lipinski definition) is 2. The SMILES string of the molecule is C/C(=N\NS(=O)(=O)c1ccc(C)c(C)c1)c1ccc2c(c1)Nc1ccccc1S2. The standard InChI is InChI=1S/C22H21N3O2S2/c1-14-8-10-18(12-15(14)2)29(26,27)25-24-16(3)17-9-11-22-20(13-17)23-19-6-4-5-7-21(19)28-22/h4-13,23,25H,1-3H3/b24-16+. The van der Waals surface area contributed by atoms with Gasteiger partial charge in [0.2, 0.25) is 0 Å². The summed E-state index contributed by atoms with van der Waals surface area (Å²) in [4.78, 5) is 4.86. The van der Waals surface area contributed by atoms with Crippen molar-refractivity contribution in [3.05, 3.63) is 77.4 Å². The molecule has 5 nitrogen and oxygen atoms in total. The molecule has 0 spiro atoms. The van der Waals surface area contributed by atoms with Crippen molar-refractivity contribution in [3.63, 3.8) is 0 Å². The molecule has 0 amide bonds. The van der Waals surface area contributed by atoms with Gasteiger partial charge in [0.25, 0.3) is 10.0 Å². The number of anilines is 2. The van der Waals surface area contributed by atoms with E-state index >= 15 is 0 Å². The van der Waals surface area contributed by atoms with Gasteiger partial charge in [0.05, 0.1) is 22.0 Å². The minimum Gasteiger partial charge on any atom is -0.354 e. The lowest BCUT2D eigenvalue weighted by Gasteiger charge is -2.21. The highest BCUT2D eigenvalue weighted by Crippen LogP contribution is 2.44. The minimum atomic E-state index is -3.72. The van der Waals surface area contributed by atoms with E-state index in [0.717, 1.165) is 33.0 Å². The Morgan fingerprint density at radius 1 is 0.931 bits per heavy atom. The molecule has 7 heteroatoms. The summed E-state index contributed by atoms with van der Waals surface area (Å²) in [6, 6.07) is 19.1. The summed E-state index contributed by atoms with van der Waals surface area (Å²) in [5, 5.41) is 7.56. The molecule has 0 aliphatic carbocycles. The Morgan fingerprint density at radius 2 is 1.69 bits per heavy atom. The van der Waals surface area contributed by atoms with Crippen LogP contribution in [0.5, 0.6) is 0 Å². The average molecular weight is 424 g/mol. The van der Waals surface area contributed by atoms with Crippen LogP contribution in [0, 0.1) is 13.8 Å². The van der Waals surface area contributed by atoms with Gasteiger partial charge in [-0.1, -0.05) is 36.0 Å². The van der Waals surface area contributed by atoms with Gasteiger partial charge in [-0.2, -0.15) is 18.4 Å². The van der Waals surface area contributed by atoms with E-state index in [1.165, 1.54) is 4.90 Å². The van der Waals surface area contributed by atoms with Gasteiger partial charge < -0.3 is 5.32 Å². The number of benzene rings is 3. The van der Waals surface area contributed by atoms with Crippen LogP contribution in [0.1, 0.15) is 23.6 Å². The zero-order valence-electron chi connectivity index (χ0n) is 16.4. The summed E-state index contributed by atoms with van der Waals surface area (Å²) in [6.45, 7) is 5.62. The fourth-order valence-electron chi connectivity index (χ4n) is 2.99. The largest absolute Gasteiger partial charge is 0.354 e. The number of fused-ring (bicyclic) bond motifs is 2. The van der Waals surface area contributed by atoms with Crippen LogP contribution in [0.25, 0.3) is 0 Å². The highest BCUT2D eigenvalue weighted by molar-refractivity contribution is 7.99. The Balaban J connectivity index is 1.56. The second-order valence-electron chi connectivity index (χ2n) is 6.97. The Kier molecular flexibility index (Phi) is 5.10. The van der Waals surface area contributed by atoms with Crippen molar-refractivity contribution in [3.8, 4) is 0 Å². The molecule has 0 fully saturated rings. The maximum absolute atomic E-state index is 12.6. The molecule has 0 saturated heterocycles. The van der Waals surface area contributed by atoms with Gasteiger partial charge in [-0.05, 0) is 73.9 Å². The second-order valence-corrected chi connectivity index (χ2v) is 9.72. The zero-order chi connectivity index (χ0) is 20.6. The molecule has 0 bridgehead atoms. The van der Waals surface area contributed by atoms with Gasteiger partial charge in [-0.25, -0.2) is 0 Å². The minimum absolute atomic E-state index is 0.206. The molecule has 1 heterocycles. The Hall–Kier alpha value is -2.77. The van der Waals surface area contributed by atoms with Crippen LogP contribution in [0.4, 0.5) is 11.4 Å². The van der Waals surface area contributed by atoms with Crippen LogP contribution in [0.15, 0.2) is 80.5 Å². The molecule has 0 atom stereocenters. The van der Waals surface area contributed by atoms with Crippen LogP contribution in [-0.2, 0) is 10.0 Å². The van der Waals surface area contributed by atoms with E-state index in [1.807, 2.05) is 50.2 Å². The van der Waals surface area contributed by atoms with Gasteiger partial charge in [-0.15, -0.1) is 0 Å². The maximum atomic E-state index is 12.6. The van der Waals surface area contributed by atoms with Crippen molar-refractivity contribution in [2.75, 3.05) is 5.32 Å². The summed E-state index contributed by atoms with van der Waals surface area (Å²) in [5.41, 5.74) is 5.45. The lowest BCUT2D eigenvalue weighted by Crippen LogP contribution is -2.20. The third-order valence-corrected chi connectivity index (χ3v) is 7.25. The van der Waals surface area contributed by atoms with Crippen LogP contribution in [0.3, 0.4) is 0 Å². The number of aryl methyl sites for hydroxylation is 2. The molecule has 0 radical (unpaired) electrons. The molecule has 3 aromatic rings. The number of nitrogens with zero attached hydrogens (tertiary/aromatic N) is 1. The molecule has 0 aromatic heterocycles. The molecule has 1 aliphatic rings. The fraction of sp³-hybridized carbons (Fsp3) is 0.136. The van der Waals surface area contributed by atoms with Crippen molar-refractivity contribution in [2.24, 2.45) is 5.10 Å².